The van der Waals surface area contributed by atoms with Gasteiger partial charge in [0.2, 0.25) is 0 Å². The van der Waals surface area contributed by atoms with Crippen molar-refractivity contribution in [2.24, 2.45) is 0 Å². The summed E-state index contributed by atoms with van der Waals surface area (Å²) in [6, 6.07) is 14.9. The second-order valence-corrected chi connectivity index (χ2v) is 5.23. The molecule has 0 radical (unpaired) electrons. The zero-order chi connectivity index (χ0) is 15.4. The molecule has 22 heavy (non-hydrogen) atoms. The van der Waals surface area contributed by atoms with Crippen molar-refractivity contribution < 1.29 is 4.39 Å². The predicted octanol–water partition coefficient (Wildman–Crippen LogP) is 4.79. The molecule has 3 heteroatoms. The van der Waals surface area contributed by atoms with Crippen LogP contribution in [0.1, 0.15) is 12.5 Å². The van der Waals surface area contributed by atoms with Crippen LogP contribution in [0.2, 0.25) is 0 Å². The number of hydrogen-bond acceptors (Lipinski definition) is 1. The van der Waals surface area contributed by atoms with E-state index >= 15 is 0 Å². The van der Waals surface area contributed by atoms with Gasteiger partial charge in [-0.25, -0.2) is 9.37 Å². The maximum absolute atomic E-state index is 13.0. The van der Waals surface area contributed by atoms with E-state index in [0.29, 0.717) is 0 Å². The lowest BCUT2D eigenvalue weighted by Gasteiger charge is -2.06. The first-order chi connectivity index (χ1) is 10.7. The van der Waals surface area contributed by atoms with Gasteiger partial charge >= 0.3 is 0 Å². The van der Waals surface area contributed by atoms with E-state index in [4.69, 9.17) is 0 Å². The molecule has 0 unspecified atom stereocenters. The number of allylic oxidation sites excluding steroid dienone is 2. The van der Waals surface area contributed by atoms with Crippen LogP contribution in [0.25, 0.3) is 16.7 Å². The number of benzene rings is 2. The van der Waals surface area contributed by atoms with E-state index in [1.807, 2.05) is 10.8 Å². The summed E-state index contributed by atoms with van der Waals surface area (Å²) in [6.45, 7) is 2.91. The first-order valence-electron chi connectivity index (χ1n) is 7.21. The molecular weight excluding hydrogens is 275 g/mol. The summed E-state index contributed by atoms with van der Waals surface area (Å²) >= 11 is 0. The second-order valence-electron chi connectivity index (χ2n) is 5.23. The molecule has 0 aliphatic carbocycles. The van der Waals surface area contributed by atoms with E-state index in [1.165, 1.54) is 23.3 Å². The molecule has 1 aromatic heterocycles. The van der Waals surface area contributed by atoms with Crippen LogP contribution in [0.3, 0.4) is 0 Å². The van der Waals surface area contributed by atoms with Crippen LogP contribution < -0.4 is 0 Å². The number of rotatable bonds is 4. The minimum atomic E-state index is -0.210. The molecule has 0 aliphatic rings. The van der Waals surface area contributed by atoms with Crippen molar-refractivity contribution >= 4 is 5.57 Å². The zero-order valence-electron chi connectivity index (χ0n) is 12.4. The maximum Gasteiger partial charge on any atom is 0.123 e. The van der Waals surface area contributed by atoms with Gasteiger partial charge in [-0.15, -0.1) is 0 Å². The molecule has 0 N–H and O–H groups in total. The predicted molar refractivity (Wildman–Crippen MR) is 87.7 cm³/mol. The Morgan fingerprint density at radius 2 is 1.68 bits per heavy atom. The van der Waals surface area contributed by atoms with Crippen LogP contribution in [-0.4, -0.2) is 9.55 Å². The smallest absolute Gasteiger partial charge is 0.123 e. The molecule has 0 saturated carbocycles. The molecule has 2 aromatic carbocycles. The van der Waals surface area contributed by atoms with Crippen LogP contribution >= 0.6 is 0 Å². The van der Waals surface area contributed by atoms with E-state index in [-0.39, 0.29) is 5.82 Å². The highest BCUT2D eigenvalue weighted by molar-refractivity contribution is 5.69. The molecule has 0 aliphatic heterocycles. The van der Waals surface area contributed by atoms with Crippen LogP contribution in [0.5, 0.6) is 0 Å². The van der Waals surface area contributed by atoms with E-state index in [2.05, 4.69) is 42.2 Å². The summed E-state index contributed by atoms with van der Waals surface area (Å²) in [6.07, 6.45) is 7.71. The van der Waals surface area contributed by atoms with Gasteiger partial charge in [-0.1, -0.05) is 42.5 Å². The zero-order valence-corrected chi connectivity index (χ0v) is 12.4. The molecule has 1 heterocycles. The Morgan fingerprint density at radius 3 is 2.27 bits per heavy atom. The summed E-state index contributed by atoms with van der Waals surface area (Å²) in [5.74, 6) is -0.210. The standard InChI is InChI=1S/C19H17FN2/c1-15(10-12-22-13-11-21-14-22)16-2-4-17(5-3-16)18-6-8-19(20)9-7-18/h2-11,13-14H,12H2,1H3. The molecule has 0 bridgehead atoms. The van der Waals surface area contributed by atoms with Gasteiger partial charge in [-0.2, -0.15) is 0 Å². The third-order valence-corrected chi connectivity index (χ3v) is 3.69. The van der Waals surface area contributed by atoms with Gasteiger partial charge in [-0.05, 0) is 41.3 Å². The molecular formula is C19H17FN2. The Labute approximate surface area is 129 Å². The number of aromatic nitrogens is 2. The molecule has 0 atom stereocenters. The highest BCUT2D eigenvalue weighted by Crippen LogP contribution is 2.22. The van der Waals surface area contributed by atoms with Crippen molar-refractivity contribution in [1.82, 2.24) is 9.55 Å². The Hall–Kier alpha value is -2.68. The van der Waals surface area contributed by atoms with Gasteiger partial charge in [0.05, 0.1) is 6.33 Å². The fraction of sp³-hybridized carbons (Fsp3) is 0.105. The average molecular weight is 292 g/mol. The average Bonchev–Trinajstić information content (AvgIpc) is 3.07. The topological polar surface area (TPSA) is 17.8 Å². The van der Waals surface area contributed by atoms with Crippen molar-refractivity contribution in [1.29, 1.82) is 0 Å². The lowest BCUT2D eigenvalue weighted by molar-refractivity contribution is 0.628. The summed E-state index contributed by atoms with van der Waals surface area (Å²) in [5.41, 5.74) is 4.52. The van der Waals surface area contributed by atoms with Crippen molar-refractivity contribution in [2.75, 3.05) is 0 Å². The Balaban J connectivity index is 1.76. The third kappa shape index (κ3) is 3.31. The highest BCUT2D eigenvalue weighted by atomic mass is 19.1. The number of hydrogen-bond donors (Lipinski definition) is 0. The Kier molecular flexibility index (Phi) is 4.15. The van der Waals surface area contributed by atoms with E-state index < -0.39 is 0 Å². The molecule has 0 amide bonds. The van der Waals surface area contributed by atoms with Crippen LogP contribution in [0.15, 0.2) is 73.3 Å². The van der Waals surface area contributed by atoms with Crippen LogP contribution in [-0.2, 0) is 6.54 Å². The van der Waals surface area contributed by atoms with Crippen LogP contribution in [0.4, 0.5) is 4.39 Å². The molecule has 0 spiro atoms. The molecule has 0 saturated heterocycles. The van der Waals surface area contributed by atoms with Crippen molar-refractivity contribution in [2.45, 2.75) is 13.5 Å². The third-order valence-electron chi connectivity index (χ3n) is 3.69. The summed E-state index contributed by atoms with van der Waals surface area (Å²) in [4.78, 5) is 4.03. The molecule has 2 nitrogen and oxygen atoms in total. The van der Waals surface area contributed by atoms with Crippen molar-refractivity contribution in [3.8, 4) is 11.1 Å². The fourth-order valence-electron chi connectivity index (χ4n) is 2.32. The van der Waals surface area contributed by atoms with Gasteiger partial charge in [0.15, 0.2) is 0 Å². The first kappa shape index (κ1) is 14.3. The van der Waals surface area contributed by atoms with Gasteiger partial charge in [0.1, 0.15) is 5.82 Å². The van der Waals surface area contributed by atoms with Gasteiger partial charge in [0.25, 0.3) is 0 Å². The van der Waals surface area contributed by atoms with E-state index in [0.717, 1.165) is 17.7 Å². The largest absolute Gasteiger partial charge is 0.334 e. The maximum atomic E-state index is 13.0. The molecule has 110 valence electrons. The van der Waals surface area contributed by atoms with Crippen molar-refractivity contribution in [3.05, 3.63) is 84.7 Å². The Bertz CT molecular complexity index is 754. The molecule has 3 aromatic rings. The summed E-state index contributed by atoms with van der Waals surface area (Å²) in [7, 11) is 0. The normalized spacial score (nSPS) is 11.6. The van der Waals surface area contributed by atoms with E-state index in [9.17, 15) is 4.39 Å². The monoisotopic (exact) mass is 292 g/mol. The molecule has 0 fully saturated rings. The fourth-order valence-corrected chi connectivity index (χ4v) is 2.32. The number of halogens is 1. The summed E-state index contributed by atoms with van der Waals surface area (Å²) < 4.78 is 15.0. The molecule has 3 rings (SSSR count). The highest BCUT2D eigenvalue weighted by Gasteiger charge is 2.00. The minimum Gasteiger partial charge on any atom is -0.334 e. The lowest BCUT2D eigenvalue weighted by atomic mass is 10.0. The van der Waals surface area contributed by atoms with Gasteiger partial charge in [0, 0.05) is 18.9 Å². The number of nitrogens with zero attached hydrogens (tertiary/aromatic N) is 2. The minimum absolute atomic E-state index is 0.210. The number of imidazole rings is 1. The van der Waals surface area contributed by atoms with Gasteiger partial charge in [-0.3, -0.25) is 0 Å². The SMILES string of the molecule is CC(=CCn1ccnc1)c1ccc(-c2ccc(F)cc2)cc1. The van der Waals surface area contributed by atoms with Crippen molar-refractivity contribution in [3.63, 3.8) is 0 Å². The lowest BCUT2D eigenvalue weighted by Crippen LogP contribution is -1.91. The van der Waals surface area contributed by atoms with Crippen LogP contribution in [0, 0.1) is 5.82 Å². The second kappa shape index (κ2) is 6.39. The summed E-state index contributed by atoms with van der Waals surface area (Å²) in [5, 5.41) is 0. The van der Waals surface area contributed by atoms with E-state index in [1.54, 1.807) is 24.7 Å². The van der Waals surface area contributed by atoms with Gasteiger partial charge < -0.3 is 4.57 Å². The first-order valence-corrected chi connectivity index (χ1v) is 7.21. The quantitative estimate of drug-likeness (QED) is 0.676. The Morgan fingerprint density at radius 1 is 1.05 bits per heavy atom.